The van der Waals surface area contributed by atoms with Crippen LogP contribution in [0.1, 0.15) is 52.5 Å². The molecule has 276 valence electrons. The lowest BCUT2D eigenvalue weighted by atomic mass is 9.81. The number of benzene rings is 6. The van der Waals surface area contributed by atoms with Crippen molar-refractivity contribution in [2.75, 3.05) is 0 Å². The van der Waals surface area contributed by atoms with Gasteiger partial charge in [-0.15, -0.1) is 0 Å². The summed E-state index contributed by atoms with van der Waals surface area (Å²) in [5.74, 6) is 1.24. The Kier molecular flexibility index (Phi) is 10.5. The maximum absolute atomic E-state index is 10.2. The second-order valence-electron chi connectivity index (χ2n) is 14.2. The van der Waals surface area contributed by atoms with Crippen LogP contribution < -0.4 is 0 Å². The molecule has 2 nitrogen and oxygen atoms in total. The Balaban J connectivity index is 1.32. The normalized spacial score (nSPS) is 13.2. The highest BCUT2D eigenvalue weighted by Crippen LogP contribution is 2.46. The zero-order valence-corrected chi connectivity index (χ0v) is 32.4. The number of hydrogen-bond acceptors (Lipinski definition) is 2. The van der Waals surface area contributed by atoms with Gasteiger partial charge < -0.3 is 9.52 Å². The molecule has 0 spiro atoms. The lowest BCUT2D eigenvalue weighted by Crippen LogP contribution is -1.98. The fraction of sp³-hybridized carbons (Fsp3) is 0.0545. The van der Waals surface area contributed by atoms with Gasteiger partial charge in [-0.3, -0.25) is 0 Å². The molecule has 1 N–H and O–H groups in total. The molecule has 1 aliphatic rings. The van der Waals surface area contributed by atoms with E-state index in [4.69, 9.17) is 4.42 Å². The van der Waals surface area contributed by atoms with E-state index < -0.39 is 0 Å². The molecule has 0 unspecified atom stereocenters. The van der Waals surface area contributed by atoms with Crippen LogP contribution in [0, 0.1) is 6.92 Å². The van der Waals surface area contributed by atoms with Gasteiger partial charge >= 0.3 is 0 Å². The van der Waals surface area contributed by atoms with Crippen molar-refractivity contribution >= 4 is 57.7 Å². The summed E-state index contributed by atoms with van der Waals surface area (Å²) in [5, 5.41) is 13.5. The van der Waals surface area contributed by atoms with Gasteiger partial charge in [0.15, 0.2) is 0 Å². The molecule has 0 fully saturated rings. The third-order valence-electron chi connectivity index (χ3n) is 10.7. The Hall–Kier alpha value is -7.16. The monoisotopic (exact) mass is 736 g/mol. The summed E-state index contributed by atoms with van der Waals surface area (Å²) >= 11 is 0. The zero-order valence-electron chi connectivity index (χ0n) is 32.4. The summed E-state index contributed by atoms with van der Waals surface area (Å²) in [5.41, 5.74) is 15.0. The first-order chi connectivity index (χ1) is 28.0. The first kappa shape index (κ1) is 36.8. The van der Waals surface area contributed by atoms with Crippen molar-refractivity contribution in [1.29, 1.82) is 0 Å². The van der Waals surface area contributed by atoms with Gasteiger partial charge in [0, 0.05) is 17.4 Å². The number of aliphatic hydroxyl groups is 1. The van der Waals surface area contributed by atoms with E-state index in [0.717, 1.165) is 99.8 Å². The van der Waals surface area contributed by atoms with Gasteiger partial charge in [-0.2, -0.15) is 0 Å². The van der Waals surface area contributed by atoms with E-state index in [1.54, 1.807) is 6.08 Å². The highest BCUT2D eigenvalue weighted by molar-refractivity contribution is 6.13. The second-order valence-corrected chi connectivity index (χ2v) is 14.2. The molecule has 57 heavy (non-hydrogen) atoms. The van der Waals surface area contributed by atoms with Gasteiger partial charge in [0.25, 0.3) is 0 Å². The SMILES string of the molecule is C=Cc1c(C=C)c(-c2ccc(C3=CC=C(O)CC=C3)cc2/C=C\C=C/C)c2ccccc2c1-c1cccc(-c2cccc3oc(C)c(/C=C\c4ccccc4)c23)c1. The molecule has 1 heterocycles. The molecule has 0 bridgehead atoms. The van der Waals surface area contributed by atoms with Crippen LogP contribution in [0.2, 0.25) is 0 Å². The number of allylic oxidation sites excluding steroid dienone is 8. The first-order valence-corrected chi connectivity index (χ1v) is 19.4. The van der Waals surface area contributed by atoms with Crippen LogP contribution in [0.5, 0.6) is 0 Å². The molecular formula is C55H44O2. The minimum Gasteiger partial charge on any atom is -0.512 e. The Labute approximate surface area is 335 Å². The lowest BCUT2D eigenvalue weighted by molar-refractivity contribution is 0.402. The zero-order chi connectivity index (χ0) is 39.3. The van der Waals surface area contributed by atoms with Gasteiger partial charge in [0.1, 0.15) is 11.3 Å². The highest BCUT2D eigenvalue weighted by Gasteiger charge is 2.21. The summed E-state index contributed by atoms with van der Waals surface area (Å²) in [6.07, 6.45) is 25.0. The maximum atomic E-state index is 10.2. The molecule has 7 aromatic rings. The third kappa shape index (κ3) is 7.22. The molecule has 0 saturated heterocycles. The van der Waals surface area contributed by atoms with Gasteiger partial charge in [-0.1, -0.05) is 177 Å². The van der Waals surface area contributed by atoms with Crippen molar-refractivity contribution in [3.05, 3.63) is 216 Å². The van der Waals surface area contributed by atoms with Crippen LogP contribution in [0.15, 0.2) is 181 Å². The van der Waals surface area contributed by atoms with E-state index in [-0.39, 0.29) is 0 Å². The van der Waals surface area contributed by atoms with Crippen LogP contribution in [-0.4, -0.2) is 5.11 Å². The Bertz CT molecular complexity index is 2860. The average Bonchev–Trinajstić information content (AvgIpc) is 3.41. The summed E-state index contributed by atoms with van der Waals surface area (Å²) in [6, 6.07) is 40.8. The summed E-state index contributed by atoms with van der Waals surface area (Å²) < 4.78 is 6.33. The number of aliphatic hydroxyl groups excluding tert-OH is 1. The molecule has 1 aliphatic carbocycles. The van der Waals surface area contributed by atoms with Crippen molar-refractivity contribution in [2.45, 2.75) is 20.3 Å². The minimum atomic E-state index is 0.352. The topological polar surface area (TPSA) is 33.4 Å². The van der Waals surface area contributed by atoms with Gasteiger partial charge in [0.05, 0.1) is 5.76 Å². The molecule has 8 rings (SSSR count). The van der Waals surface area contributed by atoms with Crippen molar-refractivity contribution < 1.29 is 9.52 Å². The van der Waals surface area contributed by atoms with Crippen LogP contribution in [0.3, 0.4) is 0 Å². The van der Waals surface area contributed by atoms with E-state index in [1.807, 2.05) is 56.4 Å². The van der Waals surface area contributed by atoms with E-state index in [2.05, 4.69) is 153 Å². The van der Waals surface area contributed by atoms with E-state index in [0.29, 0.717) is 12.2 Å². The van der Waals surface area contributed by atoms with Gasteiger partial charge in [-0.05, 0) is 116 Å². The molecule has 6 aromatic carbocycles. The Morgan fingerprint density at radius 3 is 2.16 bits per heavy atom. The Morgan fingerprint density at radius 2 is 1.37 bits per heavy atom. The quantitative estimate of drug-likeness (QED) is 0.142. The predicted molar refractivity (Wildman–Crippen MR) is 247 cm³/mol. The fourth-order valence-electron chi connectivity index (χ4n) is 8.01. The summed E-state index contributed by atoms with van der Waals surface area (Å²) in [6.45, 7) is 12.8. The largest absolute Gasteiger partial charge is 0.512 e. The number of aryl methyl sites for hydroxylation is 1. The molecule has 0 atom stereocenters. The first-order valence-electron chi connectivity index (χ1n) is 19.4. The number of hydrogen-bond donors (Lipinski definition) is 1. The van der Waals surface area contributed by atoms with E-state index in [1.165, 1.54) is 0 Å². The third-order valence-corrected chi connectivity index (χ3v) is 10.7. The van der Waals surface area contributed by atoms with Crippen molar-refractivity contribution in [3.63, 3.8) is 0 Å². The Morgan fingerprint density at radius 1 is 0.632 bits per heavy atom. The van der Waals surface area contributed by atoms with Crippen molar-refractivity contribution in [1.82, 2.24) is 0 Å². The molecule has 1 aromatic heterocycles. The summed E-state index contributed by atoms with van der Waals surface area (Å²) in [4.78, 5) is 0. The number of furan rings is 1. The molecule has 0 radical (unpaired) electrons. The van der Waals surface area contributed by atoms with Crippen LogP contribution in [0.25, 0.3) is 91.1 Å². The predicted octanol–water partition coefficient (Wildman–Crippen LogP) is 15.7. The molecule has 0 aliphatic heterocycles. The van der Waals surface area contributed by atoms with E-state index >= 15 is 0 Å². The maximum Gasteiger partial charge on any atom is 0.135 e. The molecule has 0 saturated carbocycles. The smallest absolute Gasteiger partial charge is 0.135 e. The van der Waals surface area contributed by atoms with Crippen LogP contribution >= 0.6 is 0 Å². The number of rotatable bonds is 10. The highest BCUT2D eigenvalue weighted by atomic mass is 16.3. The van der Waals surface area contributed by atoms with Crippen LogP contribution in [0.4, 0.5) is 0 Å². The van der Waals surface area contributed by atoms with E-state index in [9.17, 15) is 5.11 Å². The molecule has 2 heteroatoms. The van der Waals surface area contributed by atoms with Crippen LogP contribution in [-0.2, 0) is 0 Å². The average molecular weight is 737 g/mol. The summed E-state index contributed by atoms with van der Waals surface area (Å²) in [7, 11) is 0. The fourth-order valence-corrected chi connectivity index (χ4v) is 8.01. The number of fused-ring (bicyclic) bond motifs is 2. The van der Waals surface area contributed by atoms with Gasteiger partial charge in [0.2, 0.25) is 0 Å². The molecular weight excluding hydrogens is 693 g/mol. The minimum absolute atomic E-state index is 0.352. The van der Waals surface area contributed by atoms with Gasteiger partial charge in [-0.25, -0.2) is 0 Å². The van der Waals surface area contributed by atoms with Crippen molar-refractivity contribution in [2.24, 2.45) is 0 Å². The molecule has 0 amide bonds. The standard InChI is InChI=1S/C55H44O2/c1-5-8-10-20-41-35-40(39-21-16-24-44(56)32-30-39)31-34-49(41)54-46(7-3)45(6-2)53(50-25-13-14-26-51(50)54)43-23-15-22-42(36-43)48-27-17-28-52-55(48)47(37(4)57-52)33-29-38-18-11-9-12-19-38/h5-23,25-36,56H,2-3,24H2,1,4H3/b8-5-,20-10-,33-29-. The van der Waals surface area contributed by atoms with Crippen molar-refractivity contribution in [3.8, 4) is 33.4 Å². The second kappa shape index (κ2) is 16.3. The lowest BCUT2D eigenvalue weighted by Gasteiger charge is -2.22.